The predicted octanol–water partition coefficient (Wildman–Crippen LogP) is 3.69. The number of aromatic nitrogens is 1. The minimum atomic E-state index is 0.570. The highest BCUT2D eigenvalue weighted by molar-refractivity contribution is 5.58. The van der Waals surface area contributed by atoms with Crippen LogP contribution in [0.1, 0.15) is 31.2 Å². The average molecular weight is 406 g/mol. The fraction of sp³-hybridized carbons (Fsp3) is 0.560. The molecule has 1 aliphatic carbocycles. The molecule has 0 unspecified atom stereocenters. The van der Waals surface area contributed by atoms with Gasteiger partial charge in [-0.1, -0.05) is 12.1 Å². The topological polar surface area (TPSA) is 34.6 Å². The highest BCUT2D eigenvalue weighted by Gasteiger charge is 2.26. The number of benzene rings is 1. The largest absolute Gasteiger partial charge is 0.382 e. The minimum absolute atomic E-state index is 0.570. The molecule has 0 spiro atoms. The Morgan fingerprint density at radius 1 is 0.867 bits per heavy atom. The van der Waals surface area contributed by atoms with Crippen LogP contribution >= 0.6 is 0 Å². The molecule has 5 heteroatoms. The maximum absolute atomic E-state index is 4.24. The van der Waals surface area contributed by atoms with Crippen LogP contribution in [0.5, 0.6) is 0 Å². The number of piperidine rings is 1. The van der Waals surface area contributed by atoms with Crippen LogP contribution in [-0.4, -0.2) is 66.6 Å². The second-order valence-corrected chi connectivity index (χ2v) is 9.34. The monoisotopic (exact) mass is 405 g/mol. The van der Waals surface area contributed by atoms with Gasteiger partial charge in [-0.15, -0.1) is 0 Å². The second kappa shape index (κ2) is 9.36. The van der Waals surface area contributed by atoms with E-state index in [-0.39, 0.29) is 0 Å². The lowest BCUT2D eigenvalue weighted by atomic mass is 10.0. The van der Waals surface area contributed by atoms with Crippen LogP contribution in [0.15, 0.2) is 48.8 Å². The summed E-state index contributed by atoms with van der Waals surface area (Å²) < 4.78 is 0. The molecule has 2 aromatic rings. The van der Waals surface area contributed by atoms with Crippen LogP contribution in [0.3, 0.4) is 0 Å². The SMILES string of the molecule is c1cncc(CN2CCC(Nc3cccc(N4CCN(CC5CC5)CC4)c3)CC2)c1. The minimum Gasteiger partial charge on any atom is -0.382 e. The summed E-state index contributed by atoms with van der Waals surface area (Å²) in [4.78, 5) is 12.0. The zero-order chi connectivity index (χ0) is 20.2. The van der Waals surface area contributed by atoms with Gasteiger partial charge in [0, 0.05) is 82.2 Å². The van der Waals surface area contributed by atoms with Gasteiger partial charge < -0.3 is 10.2 Å². The molecule has 1 aromatic heterocycles. The Morgan fingerprint density at radius 3 is 2.43 bits per heavy atom. The van der Waals surface area contributed by atoms with Crippen molar-refractivity contribution in [3.63, 3.8) is 0 Å². The Labute approximate surface area is 181 Å². The van der Waals surface area contributed by atoms with Gasteiger partial charge in [-0.3, -0.25) is 14.8 Å². The summed E-state index contributed by atoms with van der Waals surface area (Å²) in [6.07, 6.45) is 9.14. The molecular formula is C25H35N5. The first-order chi connectivity index (χ1) is 14.8. The second-order valence-electron chi connectivity index (χ2n) is 9.34. The van der Waals surface area contributed by atoms with Crippen molar-refractivity contribution in [1.29, 1.82) is 0 Å². The molecule has 30 heavy (non-hydrogen) atoms. The molecule has 2 saturated heterocycles. The van der Waals surface area contributed by atoms with Gasteiger partial charge in [0.1, 0.15) is 0 Å². The van der Waals surface area contributed by atoms with Gasteiger partial charge in [0.15, 0.2) is 0 Å². The highest BCUT2D eigenvalue weighted by Crippen LogP contribution is 2.30. The highest BCUT2D eigenvalue weighted by atomic mass is 15.3. The summed E-state index contributed by atoms with van der Waals surface area (Å²) in [5.74, 6) is 1.000. The number of rotatable bonds is 7. The lowest BCUT2D eigenvalue weighted by Crippen LogP contribution is -2.47. The molecule has 5 rings (SSSR count). The van der Waals surface area contributed by atoms with Gasteiger partial charge in [-0.05, 0) is 61.4 Å². The smallest absolute Gasteiger partial charge is 0.0387 e. The van der Waals surface area contributed by atoms with Gasteiger partial charge in [0.25, 0.3) is 0 Å². The van der Waals surface area contributed by atoms with E-state index in [9.17, 15) is 0 Å². The van der Waals surface area contributed by atoms with Crippen molar-refractivity contribution in [3.05, 3.63) is 54.4 Å². The van der Waals surface area contributed by atoms with Crippen LogP contribution in [0.25, 0.3) is 0 Å². The van der Waals surface area contributed by atoms with Crippen LogP contribution in [0.4, 0.5) is 11.4 Å². The van der Waals surface area contributed by atoms with E-state index in [0.29, 0.717) is 6.04 Å². The summed E-state index contributed by atoms with van der Waals surface area (Å²) >= 11 is 0. The third-order valence-corrected chi connectivity index (χ3v) is 6.88. The van der Waals surface area contributed by atoms with Crippen LogP contribution in [-0.2, 0) is 6.54 Å². The van der Waals surface area contributed by atoms with Gasteiger partial charge in [-0.2, -0.15) is 0 Å². The number of nitrogens with one attached hydrogen (secondary N) is 1. The molecule has 2 aliphatic heterocycles. The zero-order valence-corrected chi connectivity index (χ0v) is 18.0. The van der Waals surface area contributed by atoms with Gasteiger partial charge in [0.2, 0.25) is 0 Å². The van der Waals surface area contributed by atoms with E-state index in [4.69, 9.17) is 0 Å². The number of hydrogen-bond donors (Lipinski definition) is 1. The molecule has 0 bridgehead atoms. The van der Waals surface area contributed by atoms with E-state index in [1.54, 1.807) is 0 Å². The number of pyridine rings is 1. The Kier molecular flexibility index (Phi) is 6.18. The summed E-state index contributed by atoms with van der Waals surface area (Å²) in [5.41, 5.74) is 3.97. The van der Waals surface area contributed by atoms with E-state index in [2.05, 4.69) is 55.3 Å². The molecular weight excluding hydrogens is 370 g/mol. The number of likely N-dealkylation sites (tertiary alicyclic amines) is 1. The Balaban J connectivity index is 1.09. The fourth-order valence-corrected chi connectivity index (χ4v) is 4.87. The Morgan fingerprint density at radius 2 is 1.70 bits per heavy atom. The van der Waals surface area contributed by atoms with E-state index in [1.807, 2.05) is 18.5 Å². The normalized spacial score (nSPS) is 21.7. The molecule has 1 saturated carbocycles. The van der Waals surface area contributed by atoms with Crippen LogP contribution in [0, 0.1) is 5.92 Å². The molecule has 160 valence electrons. The van der Waals surface area contributed by atoms with Crippen molar-refractivity contribution in [2.75, 3.05) is 56.0 Å². The third kappa shape index (κ3) is 5.32. The lowest BCUT2D eigenvalue weighted by Gasteiger charge is -2.36. The van der Waals surface area contributed by atoms with Crippen molar-refractivity contribution in [1.82, 2.24) is 14.8 Å². The van der Waals surface area contributed by atoms with Crippen LogP contribution in [0.2, 0.25) is 0 Å². The summed E-state index contributed by atoms with van der Waals surface area (Å²) in [7, 11) is 0. The summed E-state index contributed by atoms with van der Waals surface area (Å²) in [6, 6.07) is 13.9. The predicted molar refractivity (Wildman–Crippen MR) is 124 cm³/mol. The molecule has 0 amide bonds. The number of hydrogen-bond acceptors (Lipinski definition) is 5. The maximum Gasteiger partial charge on any atom is 0.0387 e. The summed E-state index contributed by atoms with van der Waals surface area (Å²) in [6.45, 7) is 9.38. The molecule has 0 atom stereocenters. The standard InChI is InChI=1S/C25H35N5/c1-4-24(17-25(5-1)30-15-13-29(14-16-30)19-21-6-7-21)27-23-8-11-28(12-9-23)20-22-3-2-10-26-18-22/h1-5,10,17-18,21,23,27H,6-9,11-16,19-20H2. The zero-order valence-electron chi connectivity index (χ0n) is 18.0. The summed E-state index contributed by atoms with van der Waals surface area (Å²) in [5, 5.41) is 3.81. The van der Waals surface area contributed by atoms with E-state index >= 15 is 0 Å². The Bertz CT molecular complexity index is 790. The average Bonchev–Trinajstić information content (AvgIpc) is 3.61. The third-order valence-electron chi connectivity index (χ3n) is 6.88. The molecule has 0 radical (unpaired) electrons. The van der Waals surface area contributed by atoms with Gasteiger partial charge >= 0.3 is 0 Å². The fourth-order valence-electron chi connectivity index (χ4n) is 4.87. The van der Waals surface area contributed by atoms with Crippen molar-refractivity contribution in [2.24, 2.45) is 5.92 Å². The van der Waals surface area contributed by atoms with Gasteiger partial charge in [0.05, 0.1) is 0 Å². The van der Waals surface area contributed by atoms with Crippen molar-refractivity contribution in [3.8, 4) is 0 Å². The number of nitrogens with zero attached hydrogens (tertiary/aromatic N) is 4. The molecule has 5 nitrogen and oxygen atoms in total. The molecule has 3 heterocycles. The number of piperazine rings is 1. The van der Waals surface area contributed by atoms with Crippen molar-refractivity contribution >= 4 is 11.4 Å². The van der Waals surface area contributed by atoms with E-state index in [1.165, 1.54) is 62.3 Å². The molecule has 3 aliphatic rings. The Hall–Kier alpha value is -2.11. The maximum atomic E-state index is 4.24. The quantitative estimate of drug-likeness (QED) is 0.760. The first-order valence-corrected chi connectivity index (χ1v) is 11.8. The van der Waals surface area contributed by atoms with Gasteiger partial charge in [-0.25, -0.2) is 0 Å². The molecule has 3 fully saturated rings. The lowest BCUT2D eigenvalue weighted by molar-refractivity contribution is 0.211. The van der Waals surface area contributed by atoms with E-state index in [0.717, 1.165) is 38.6 Å². The number of anilines is 2. The first kappa shape index (κ1) is 19.8. The van der Waals surface area contributed by atoms with Crippen LogP contribution < -0.4 is 10.2 Å². The van der Waals surface area contributed by atoms with Crippen molar-refractivity contribution < 1.29 is 0 Å². The van der Waals surface area contributed by atoms with E-state index < -0.39 is 0 Å². The van der Waals surface area contributed by atoms with Crippen molar-refractivity contribution in [2.45, 2.75) is 38.3 Å². The molecule has 1 aromatic carbocycles. The molecule has 1 N–H and O–H groups in total. The first-order valence-electron chi connectivity index (χ1n) is 11.8.